The van der Waals surface area contributed by atoms with Gasteiger partial charge in [-0.25, -0.2) is 13.6 Å². The Morgan fingerprint density at radius 3 is 2.27 bits per heavy atom. The van der Waals surface area contributed by atoms with Crippen LogP contribution < -0.4 is 5.32 Å². The summed E-state index contributed by atoms with van der Waals surface area (Å²) in [7, 11) is 0. The van der Waals surface area contributed by atoms with Crippen molar-refractivity contribution in [2.45, 2.75) is 44.3 Å². The molecule has 2 N–H and O–H groups in total. The first-order valence-electron chi connectivity index (χ1n) is 4.62. The van der Waals surface area contributed by atoms with E-state index in [9.17, 15) is 13.6 Å². The van der Waals surface area contributed by atoms with Gasteiger partial charge >= 0.3 is 6.09 Å². The van der Waals surface area contributed by atoms with Crippen molar-refractivity contribution in [3.63, 3.8) is 0 Å². The SMILES string of the molecule is CC(C)(C)OC(=O)N[C@]1(CO)CC1(F)F. The Morgan fingerprint density at radius 1 is 1.53 bits per heavy atom. The van der Waals surface area contributed by atoms with Gasteiger partial charge < -0.3 is 15.2 Å². The average Bonchev–Trinajstić information content (AvgIpc) is 2.49. The molecule has 4 nitrogen and oxygen atoms in total. The average molecular weight is 223 g/mol. The predicted molar refractivity (Wildman–Crippen MR) is 48.8 cm³/mol. The van der Waals surface area contributed by atoms with E-state index in [0.717, 1.165) is 0 Å². The number of hydrogen-bond acceptors (Lipinski definition) is 3. The Hall–Kier alpha value is -0.910. The zero-order valence-electron chi connectivity index (χ0n) is 8.93. The van der Waals surface area contributed by atoms with Crippen molar-refractivity contribution in [3.8, 4) is 0 Å². The fourth-order valence-electron chi connectivity index (χ4n) is 1.18. The van der Waals surface area contributed by atoms with E-state index in [1.54, 1.807) is 20.8 Å². The van der Waals surface area contributed by atoms with Gasteiger partial charge in [-0.1, -0.05) is 0 Å². The number of ether oxygens (including phenoxy) is 1. The highest BCUT2D eigenvalue weighted by Gasteiger charge is 2.72. The normalized spacial score (nSPS) is 28.4. The summed E-state index contributed by atoms with van der Waals surface area (Å²) in [6, 6.07) is 0. The van der Waals surface area contributed by atoms with Crippen molar-refractivity contribution in [2.24, 2.45) is 0 Å². The van der Waals surface area contributed by atoms with Gasteiger partial charge in [0.2, 0.25) is 0 Å². The molecule has 0 bridgehead atoms. The molecule has 1 fully saturated rings. The van der Waals surface area contributed by atoms with E-state index >= 15 is 0 Å². The summed E-state index contributed by atoms with van der Waals surface area (Å²) in [6.45, 7) is 4.09. The summed E-state index contributed by atoms with van der Waals surface area (Å²) in [6.07, 6.45) is -1.48. The van der Waals surface area contributed by atoms with Crippen molar-refractivity contribution >= 4 is 6.09 Å². The van der Waals surface area contributed by atoms with E-state index in [4.69, 9.17) is 9.84 Å². The lowest BCUT2D eigenvalue weighted by Gasteiger charge is -2.22. The number of hydrogen-bond donors (Lipinski definition) is 2. The van der Waals surface area contributed by atoms with Crippen LogP contribution in [-0.4, -0.2) is 34.9 Å². The van der Waals surface area contributed by atoms with Gasteiger partial charge in [-0.15, -0.1) is 0 Å². The fourth-order valence-corrected chi connectivity index (χ4v) is 1.18. The molecule has 1 saturated carbocycles. The van der Waals surface area contributed by atoms with Crippen LogP contribution in [-0.2, 0) is 4.74 Å². The molecular weight excluding hydrogens is 208 g/mol. The molecule has 1 aliphatic rings. The van der Waals surface area contributed by atoms with Gasteiger partial charge in [0.05, 0.1) is 6.61 Å². The number of carbonyl (C=O) groups is 1. The molecule has 1 rings (SSSR count). The Morgan fingerprint density at radius 2 is 2.00 bits per heavy atom. The van der Waals surface area contributed by atoms with Crippen molar-refractivity contribution in [3.05, 3.63) is 0 Å². The van der Waals surface area contributed by atoms with E-state index in [2.05, 4.69) is 0 Å². The Balaban J connectivity index is 2.53. The number of carbonyl (C=O) groups excluding carboxylic acids is 1. The second-order valence-corrected chi connectivity index (χ2v) is 4.75. The first kappa shape index (κ1) is 12.2. The van der Waals surface area contributed by atoms with E-state index in [1.165, 1.54) is 0 Å². The standard InChI is InChI=1S/C9H15F2NO3/c1-7(2,3)15-6(14)12-8(5-13)4-9(8,10)11/h13H,4-5H2,1-3H3,(H,12,14)/t8-/m0/s1. The second-order valence-electron chi connectivity index (χ2n) is 4.75. The maximum Gasteiger partial charge on any atom is 0.408 e. The zero-order valence-corrected chi connectivity index (χ0v) is 8.93. The van der Waals surface area contributed by atoms with Crippen LogP contribution in [0.1, 0.15) is 27.2 Å². The van der Waals surface area contributed by atoms with Crippen LogP contribution >= 0.6 is 0 Å². The van der Waals surface area contributed by atoms with Crippen molar-refractivity contribution in [1.29, 1.82) is 0 Å². The van der Waals surface area contributed by atoms with Crippen LogP contribution in [0, 0.1) is 0 Å². The Labute approximate surface area is 86.6 Å². The van der Waals surface area contributed by atoms with Crippen molar-refractivity contribution < 1.29 is 23.4 Å². The molecule has 0 aliphatic heterocycles. The predicted octanol–water partition coefficient (Wildman–Crippen LogP) is 1.28. The number of rotatable bonds is 2. The van der Waals surface area contributed by atoms with Gasteiger partial charge in [-0.2, -0.15) is 0 Å². The molecule has 0 aromatic rings. The summed E-state index contributed by atoms with van der Waals surface area (Å²) in [5, 5.41) is 10.8. The minimum atomic E-state index is -3.04. The fraction of sp³-hybridized carbons (Fsp3) is 0.889. The third-order valence-corrected chi connectivity index (χ3v) is 2.11. The van der Waals surface area contributed by atoms with Crippen LogP contribution in [0.2, 0.25) is 0 Å². The van der Waals surface area contributed by atoms with Crippen LogP contribution in [0.5, 0.6) is 0 Å². The lowest BCUT2D eigenvalue weighted by molar-refractivity contribution is 0.0264. The topological polar surface area (TPSA) is 58.6 Å². The molecule has 1 atom stereocenters. The van der Waals surface area contributed by atoms with Gasteiger partial charge in [-0.3, -0.25) is 0 Å². The molecule has 0 aromatic carbocycles. The monoisotopic (exact) mass is 223 g/mol. The minimum absolute atomic E-state index is 0.546. The van der Waals surface area contributed by atoms with E-state index in [1.807, 2.05) is 5.32 Å². The number of alkyl carbamates (subject to hydrolysis) is 1. The second kappa shape index (κ2) is 3.30. The Kier molecular flexibility index (Phi) is 2.67. The molecule has 0 radical (unpaired) electrons. The third kappa shape index (κ3) is 2.56. The first-order valence-corrected chi connectivity index (χ1v) is 4.62. The Bertz CT molecular complexity index is 275. The van der Waals surface area contributed by atoms with E-state index in [-0.39, 0.29) is 0 Å². The third-order valence-electron chi connectivity index (χ3n) is 2.11. The highest BCUT2D eigenvalue weighted by Crippen LogP contribution is 2.52. The zero-order chi connectivity index (χ0) is 11.9. The molecule has 0 saturated heterocycles. The number of aliphatic hydroxyl groups is 1. The molecule has 0 unspecified atom stereocenters. The molecule has 1 aliphatic carbocycles. The van der Waals surface area contributed by atoms with Gasteiger partial charge in [-0.05, 0) is 20.8 Å². The van der Waals surface area contributed by atoms with E-state index < -0.39 is 36.2 Å². The number of alkyl halides is 2. The summed E-state index contributed by atoms with van der Waals surface area (Å²) in [5.41, 5.74) is -2.57. The van der Waals surface area contributed by atoms with Crippen molar-refractivity contribution in [1.82, 2.24) is 5.32 Å². The molecule has 6 heteroatoms. The van der Waals surface area contributed by atoms with Crippen LogP contribution in [0.25, 0.3) is 0 Å². The molecule has 0 spiro atoms. The maximum absolute atomic E-state index is 12.8. The molecular formula is C9H15F2NO3. The maximum atomic E-state index is 12.8. The van der Waals surface area contributed by atoms with Gasteiger partial charge in [0.15, 0.2) is 0 Å². The van der Waals surface area contributed by atoms with Gasteiger partial charge in [0.1, 0.15) is 11.1 Å². The number of aliphatic hydroxyl groups excluding tert-OH is 1. The van der Waals surface area contributed by atoms with Crippen LogP contribution in [0.15, 0.2) is 0 Å². The smallest absolute Gasteiger partial charge is 0.408 e. The first-order chi connectivity index (χ1) is 6.62. The van der Waals surface area contributed by atoms with Gasteiger partial charge in [0.25, 0.3) is 5.92 Å². The minimum Gasteiger partial charge on any atom is -0.444 e. The number of nitrogens with one attached hydrogen (secondary N) is 1. The number of halogens is 2. The lowest BCUT2D eigenvalue weighted by atomic mass is 10.2. The summed E-state index contributed by atoms with van der Waals surface area (Å²) < 4.78 is 30.4. The highest BCUT2D eigenvalue weighted by atomic mass is 19.3. The molecule has 0 heterocycles. The van der Waals surface area contributed by atoms with Crippen LogP contribution in [0.3, 0.4) is 0 Å². The van der Waals surface area contributed by atoms with E-state index in [0.29, 0.717) is 0 Å². The quantitative estimate of drug-likeness (QED) is 0.741. The summed E-state index contributed by atoms with van der Waals surface area (Å²) >= 11 is 0. The summed E-state index contributed by atoms with van der Waals surface area (Å²) in [4.78, 5) is 11.2. The highest BCUT2D eigenvalue weighted by molar-refractivity contribution is 5.70. The number of amides is 1. The largest absolute Gasteiger partial charge is 0.444 e. The molecule has 88 valence electrons. The molecule has 0 aromatic heterocycles. The van der Waals surface area contributed by atoms with Crippen molar-refractivity contribution in [2.75, 3.05) is 6.61 Å². The molecule has 1 amide bonds. The van der Waals surface area contributed by atoms with Gasteiger partial charge in [0, 0.05) is 6.42 Å². The molecule has 15 heavy (non-hydrogen) atoms. The lowest BCUT2D eigenvalue weighted by Crippen LogP contribution is -2.46. The van der Waals surface area contributed by atoms with Crippen LogP contribution in [0.4, 0.5) is 13.6 Å². The summed E-state index contributed by atoms with van der Waals surface area (Å²) in [5.74, 6) is -3.04.